The Balaban J connectivity index is 4.01. The SMILES string of the molecule is CCNC(=O)C(C)N(CC)CCCO. The topological polar surface area (TPSA) is 52.6 Å². The molecule has 0 heterocycles. The second-order valence-corrected chi connectivity index (χ2v) is 3.28. The van der Waals surface area contributed by atoms with Gasteiger partial charge in [-0.25, -0.2) is 0 Å². The number of carbonyl (C=O) groups excluding carboxylic acids is 1. The lowest BCUT2D eigenvalue weighted by Gasteiger charge is -2.26. The van der Waals surface area contributed by atoms with Crippen LogP contribution in [0.15, 0.2) is 0 Å². The summed E-state index contributed by atoms with van der Waals surface area (Å²) in [4.78, 5) is 13.5. The van der Waals surface area contributed by atoms with Crippen molar-refractivity contribution in [1.82, 2.24) is 10.2 Å². The molecule has 14 heavy (non-hydrogen) atoms. The minimum absolute atomic E-state index is 0.0623. The molecule has 4 heteroatoms. The summed E-state index contributed by atoms with van der Waals surface area (Å²) in [5.41, 5.74) is 0. The van der Waals surface area contributed by atoms with Crippen molar-refractivity contribution in [2.75, 3.05) is 26.2 Å². The van der Waals surface area contributed by atoms with Crippen LogP contribution in [0.1, 0.15) is 27.2 Å². The first-order valence-electron chi connectivity index (χ1n) is 5.29. The molecule has 4 nitrogen and oxygen atoms in total. The quantitative estimate of drug-likeness (QED) is 0.621. The lowest BCUT2D eigenvalue weighted by Crippen LogP contribution is -2.45. The molecule has 0 aromatic rings. The van der Waals surface area contributed by atoms with Crippen molar-refractivity contribution >= 4 is 5.91 Å². The Kier molecular flexibility index (Phi) is 7.42. The monoisotopic (exact) mass is 202 g/mol. The molecule has 0 saturated heterocycles. The van der Waals surface area contributed by atoms with Crippen LogP contribution in [-0.2, 0) is 4.79 Å². The highest BCUT2D eigenvalue weighted by Crippen LogP contribution is 2.00. The predicted molar refractivity (Wildman–Crippen MR) is 57.1 cm³/mol. The van der Waals surface area contributed by atoms with Gasteiger partial charge in [-0.3, -0.25) is 9.69 Å². The van der Waals surface area contributed by atoms with Gasteiger partial charge in [0.05, 0.1) is 6.04 Å². The van der Waals surface area contributed by atoms with Crippen LogP contribution < -0.4 is 5.32 Å². The second kappa shape index (κ2) is 7.76. The minimum atomic E-state index is -0.105. The van der Waals surface area contributed by atoms with E-state index in [1.165, 1.54) is 0 Å². The van der Waals surface area contributed by atoms with E-state index in [9.17, 15) is 4.79 Å². The zero-order chi connectivity index (χ0) is 11.0. The van der Waals surface area contributed by atoms with Crippen molar-refractivity contribution in [2.24, 2.45) is 0 Å². The molecule has 0 aliphatic rings. The van der Waals surface area contributed by atoms with Crippen molar-refractivity contribution in [3.8, 4) is 0 Å². The first-order valence-corrected chi connectivity index (χ1v) is 5.29. The number of aliphatic hydroxyl groups is 1. The van der Waals surface area contributed by atoms with Gasteiger partial charge in [0.1, 0.15) is 0 Å². The standard InChI is InChI=1S/C10H22N2O2/c1-4-11-10(14)9(3)12(5-2)7-6-8-13/h9,13H,4-8H2,1-3H3,(H,11,14). The number of rotatable bonds is 7. The molecule has 0 aromatic heterocycles. The van der Waals surface area contributed by atoms with E-state index in [1.54, 1.807) is 0 Å². The van der Waals surface area contributed by atoms with Gasteiger partial charge < -0.3 is 10.4 Å². The van der Waals surface area contributed by atoms with Crippen LogP contribution in [0.4, 0.5) is 0 Å². The van der Waals surface area contributed by atoms with E-state index in [2.05, 4.69) is 10.2 Å². The minimum Gasteiger partial charge on any atom is -0.396 e. The molecule has 2 N–H and O–H groups in total. The van der Waals surface area contributed by atoms with Crippen molar-refractivity contribution in [1.29, 1.82) is 0 Å². The molecule has 0 rings (SSSR count). The Morgan fingerprint density at radius 3 is 2.57 bits per heavy atom. The van der Waals surface area contributed by atoms with E-state index in [0.717, 1.165) is 19.5 Å². The summed E-state index contributed by atoms with van der Waals surface area (Å²) in [6, 6.07) is -0.105. The van der Waals surface area contributed by atoms with Gasteiger partial charge in [-0.05, 0) is 26.8 Å². The Hall–Kier alpha value is -0.610. The summed E-state index contributed by atoms with van der Waals surface area (Å²) in [7, 11) is 0. The Morgan fingerprint density at radius 1 is 1.50 bits per heavy atom. The first-order chi connectivity index (χ1) is 6.67. The molecule has 0 aliphatic carbocycles. The van der Waals surface area contributed by atoms with Gasteiger partial charge in [0.15, 0.2) is 0 Å². The van der Waals surface area contributed by atoms with Crippen LogP contribution in [-0.4, -0.2) is 48.2 Å². The molecule has 1 unspecified atom stereocenters. The molecule has 1 atom stereocenters. The second-order valence-electron chi connectivity index (χ2n) is 3.28. The van der Waals surface area contributed by atoms with E-state index in [1.807, 2.05) is 20.8 Å². The van der Waals surface area contributed by atoms with E-state index >= 15 is 0 Å². The Bertz CT molecular complexity index is 162. The van der Waals surface area contributed by atoms with Crippen LogP contribution in [0.5, 0.6) is 0 Å². The number of hydrogen-bond donors (Lipinski definition) is 2. The number of amides is 1. The molecule has 0 spiro atoms. The van der Waals surface area contributed by atoms with Gasteiger partial charge in [0.25, 0.3) is 0 Å². The zero-order valence-corrected chi connectivity index (χ0v) is 9.42. The lowest BCUT2D eigenvalue weighted by atomic mass is 10.2. The summed E-state index contributed by atoms with van der Waals surface area (Å²) in [6.45, 7) is 8.27. The van der Waals surface area contributed by atoms with Crippen LogP contribution in [0, 0.1) is 0 Å². The van der Waals surface area contributed by atoms with E-state index in [4.69, 9.17) is 5.11 Å². The number of likely N-dealkylation sites (N-methyl/N-ethyl adjacent to an activating group) is 2. The largest absolute Gasteiger partial charge is 0.396 e. The molecule has 0 bridgehead atoms. The van der Waals surface area contributed by atoms with Gasteiger partial charge in [-0.15, -0.1) is 0 Å². The molecular weight excluding hydrogens is 180 g/mol. The molecule has 0 aromatic carbocycles. The first kappa shape index (κ1) is 13.4. The average Bonchev–Trinajstić information content (AvgIpc) is 2.19. The van der Waals surface area contributed by atoms with Crippen LogP contribution >= 0.6 is 0 Å². The average molecular weight is 202 g/mol. The van der Waals surface area contributed by atoms with Crippen molar-refractivity contribution in [3.63, 3.8) is 0 Å². The molecule has 84 valence electrons. The third-order valence-corrected chi connectivity index (χ3v) is 2.29. The summed E-state index contributed by atoms with van der Waals surface area (Å²) in [5, 5.41) is 11.5. The number of nitrogens with one attached hydrogen (secondary N) is 1. The highest BCUT2D eigenvalue weighted by atomic mass is 16.3. The van der Waals surface area contributed by atoms with Crippen LogP contribution in [0.3, 0.4) is 0 Å². The molecule has 0 fully saturated rings. The highest BCUT2D eigenvalue weighted by molar-refractivity contribution is 5.81. The number of nitrogens with zero attached hydrogens (tertiary/aromatic N) is 1. The number of aliphatic hydroxyl groups excluding tert-OH is 1. The van der Waals surface area contributed by atoms with Gasteiger partial charge in [0.2, 0.25) is 5.91 Å². The summed E-state index contributed by atoms with van der Waals surface area (Å²) in [5.74, 6) is 0.0623. The van der Waals surface area contributed by atoms with Crippen LogP contribution in [0.2, 0.25) is 0 Å². The molecule has 0 aliphatic heterocycles. The maximum absolute atomic E-state index is 11.5. The van der Waals surface area contributed by atoms with Crippen molar-refractivity contribution in [3.05, 3.63) is 0 Å². The maximum atomic E-state index is 11.5. The Morgan fingerprint density at radius 2 is 2.14 bits per heavy atom. The van der Waals surface area contributed by atoms with Crippen molar-refractivity contribution < 1.29 is 9.90 Å². The van der Waals surface area contributed by atoms with E-state index < -0.39 is 0 Å². The van der Waals surface area contributed by atoms with Gasteiger partial charge in [0, 0.05) is 19.7 Å². The summed E-state index contributed by atoms with van der Waals surface area (Å²) < 4.78 is 0. The lowest BCUT2D eigenvalue weighted by molar-refractivity contribution is -0.125. The predicted octanol–water partition coefficient (Wildman–Crippen LogP) is 0.215. The van der Waals surface area contributed by atoms with E-state index in [0.29, 0.717) is 6.54 Å². The maximum Gasteiger partial charge on any atom is 0.237 e. The highest BCUT2D eigenvalue weighted by Gasteiger charge is 2.18. The number of hydrogen-bond acceptors (Lipinski definition) is 3. The van der Waals surface area contributed by atoms with Crippen LogP contribution in [0.25, 0.3) is 0 Å². The Labute approximate surface area is 86.3 Å². The fourth-order valence-electron chi connectivity index (χ4n) is 1.39. The fourth-order valence-corrected chi connectivity index (χ4v) is 1.39. The van der Waals surface area contributed by atoms with Gasteiger partial charge in [-0.2, -0.15) is 0 Å². The zero-order valence-electron chi connectivity index (χ0n) is 9.42. The number of carbonyl (C=O) groups is 1. The van der Waals surface area contributed by atoms with Gasteiger partial charge >= 0.3 is 0 Å². The third-order valence-electron chi connectivity index (χ3n) is 2.29. The molecular formula is C10H22N2O2. The molecule has 0 radical (unpaired) electrons. The molecule has 1 amide bonds. The smallest absolute Gasteiger partial charge is 0.237 e. The fraction of sp³-hybridized carbons (Fsp3) is 0.900. The molecule has 0 saturated carbocycles. The summed E-state index contributed by atoms with van der Waals surface area (Å²) >= 11 is 0. The van der Waals surface area contributed by atoms with Crippen molar-refractivity contribution in [2.45, 2.75) is 33.2 Å². The normalized spacial score (nSPS) is 12.9. The van der Waals surface area contributed by atoms with E-state index in [-0.39, 0.29) is 18.6 Å². The summed E-state index contributed by atoms with van der Waals surface area (Å²) in [6.07, 6.45) is 0.720. The third kappa shape index (κ3) is 4.58. The van der Waals surface area contributed by atoms with Gasteiger partial charge in [-0.1, -0.05) is 6.92 Å².